The van der Waals surface area contributed by atoms with E-state index in [4.69, 9.17) is 9.47 Å². The average molecular weight is 451 g/mol. The Hall–Kier alpha value is -3.63. The molecule has 0 spiro atoms. The summed E-state index contributed by atoms with van der Waals surface area (Å²) < 4.78 is 25.4. The lowest BCUT2D eigenvalue weighted by atomic mass is 10.0. The fourth-order valence-electron chi connectivity index (χ4n) is 4.13. The SMILES string of the molecule is COc1cccc(F)c1-c1nccc2c1CN(c1cc(C)nc(N[C@@H]3COC[C@H]3O)n1)C2=O. The highest BCUT2D eigenvalue weighted by Crippen LogP contribution is 2.38. The molecule has 3 aromatic rings. The monoisotopic (exact) mass is 451 g/mol. The van der Waals surface area contributed by atoms with E-state index >= 15 is 0 Å². The van der Waals surface area contributed by atoms with Crippen molar-refractivity contribution >= 4 is 17.7 Å². The number of benzene rings is 1. The summed E-state index contributed by atoms with van der Waals surface area (Å²) in [5.41, 5.74) is 2.23. The number of aryl methyl sites for hydroxylation is 1. The van der Waals surface area contributed by atoms with Crippen molar-refractivity contribution < 1.29 is 23.8 Å². The van der Waals surface area contributed by atoms with Gasteiger partial charge in [0.15, 0.2) is 0 Å². The van der Waals surface area contributed by atoms with E-state index < -0.39 is 11.9 Å². The lowest BCUT2D eigenvalue weighted by molar-refractivity contribution is 0.0996. The van der Waals surface area contributed by atoms with Gasteiger partial charge in [0.25, 0.3) is 5.91 Å². The largest absolute Gasteiger partial charge is 0.496 e. The first-order chi connectivity index (χ1) is 16.0. The number of anilines is 2. The molecular formula is C23H22FN5O4. The lowest BCUT2D eigenvalue weighted by Gasteiger charge is -2.19. The van der Waals surface area contributed by atoms with Gasteiger partial charge >= 0.3 is 0 Å². The second kappa shape index (κ2) is 8.38. The van der Waals surface area contributed by atoms with E-state index in [2.05, 4.69) is 20.3 Å². The number of carbonyl (C=O) groups is 1. The molecule has 2 aromatic heterocycles. The second-order valence-corrected chi connectivity index (χ2v) is 7.94. The van der Waals surface area contributed by atoms with E-state index in [9.17, 15) is 14.3 Å². The molecule has 33 heavy (non-hydrogen) atoms. The molecule has 0 bridgehead atoms. The number of hydrogen-bond donors (Lipinski definition) is 2. The van der Waals surface area contributed by atoms with Gasteiger partial charge in [-0.2, -0.15) is 4.98 Å². The number of fused-ring (bicyclic) bond motifs is 1. The van der Waals surface area contributed by atoms with Crippen LogP contribution in [0.5, 0.6) is 5.75 Å². The number of hydrogen-bond acceptors (Lipinski definition) is 8. The minimum absolute atomic E-state index is 0.167. The average Bonchev–Trinajstić information content (AvgIpc) is 3.36. The van der Waals surface area contributed by atoms with Gasteiger partial charge in [-0.3, -0.25) is 14.7 Å². The Bertz CT molecular complexity index is 1240. The quantitative estimate of drug-likeness (QED) is 0.608. The molecule has 2 aliphatic rings. The third-order valence-corrected chi connectivity index (χ3v) is 5.76. The van der Waals surface area contributed by atoms with Crippen molar-refractivity contribution in [3.63, 3.8) is 0 Å². The van der Waals surface area contributed by atoms with E-state index in [-0.39, 0.29) is 36.6 Å². The molecule has 1 aromatic carbocycles. The van der Waals surface area contributed by atoms with Gasteiger partial charge in [-0.05, 0) is 25.1 Å². The van der Waals surface area contributed by atoms with Gasteiger partial charge < -0.3 is 19.9 Å². The fraction of sp³-hybridized carbons (Fsp3) is 0.304. The molecule has 5 rings (SSSR count). The summed E-state index contributed by atoms with van der Waals surface area (Å²) in [5, 5.41) is 13.1. The van der Waals surface area contributed by atoms with Crippen molar-refractivity contribution in [1.29, 1.82) is 0 Å². The van der Waals surface area contributed by atoms with Crippen molar-refractivity contribution in [2.45, 2.75) is 25.6 Å². The van der Waals surface area contributed by atoms with Gasteiger partial charge in [0, 0.05) is 29.1 Å². The molecule has 1 fully saturated rings. The number of aliphatic hydroxyl groups is 1. The van der Waals surface area contributed by atoms with Crippen molar-refractivity contribution in [2.24, 2.45) is 0 Å². The number of pyridine rings is 1. The van der Waals surface area contributed by atoms with Crippen LogP contribution in [0.4, 0.5) is 16.2 Å². The van der Waals surface area contributed by atoms with Crippen LogP contribution in [0.1, 0.15) is 21.6 Å². The van der Waals surface area contributed by atoms with Crippen LogP contribution in [0.25, 0.3) is 11.3 Å². The summed E-state index contributed by atoms with van der Waals surface area (Å²) in [7, 11) is 1.46. The van der Waals surface area contributed by atoms with Crippen LogP contribution in [0.2, 0.25) is 0 Å². The van der Waals surface area contributed by atoms with Crippen LogP contribution in [0, 0.1) is 12.7 Å². The van der Waals surface area contributed by atoms with Gasteiger partial charge in [0.1, 0.15) is 17.4 Å². The first-order valence-corrected chi connectivity index (χ1v) is 10.5. The molecule has 170 valence electrons. The zero-order chi connectivity index (χ0) is 23.1. The normalized spacial score (nSPS) is 19.6. The van der Waals surface area contributed by atoms with E-state index in [1.165, 1.54) is 24.3 Å². The van der Waals surface area contributed by atoms with E-state index in [1.807, 2.05) is 0 Å². The summed E-state index contributed by atoms with van der Waals surface area (Å²) in [6.45, 7) is 2.54. The topological polar surface area (TPSA) is 110 Å². The highest BCUT2D eigenvalue weighted by molar-refractivity contribution is 6.10. The predicted octanol–water partition coefficient (Wildman–Crippen LogP) is 2.33. The number of aliphatic hydroxyl groups excluding tert-OH is 1. The number of carbonyl (C=O) groups excluding carboxylic acids is 1. The number of halogens is 1. The molecule has 9 nitrogen and oxygen atoms in total. The first kappa shape index (κ1) is 21.2. The Kier molecular flexibility index (Phi) is 5.39. The predicted molar refractivity (Wildman–Crippen MR) is 118 cm³/mol. The first-order valence-electron chi connectivity index (χ1n) is 10.5. The molecule has 0 unspecified atom stereocenters. The molecule has 1 saturated heterocycles. The molecule has 0 aliphatic carbocycles. The molecule has 0 saturated carbocycles. The Labute approximate surface area is 189 Å². The van der Waals surface area contributed by atoms with Crippen molar-refractivity contribution in [2.75, 3.05) is 30.5 Å². The van der Waals surface area contributed by atoms with Crippen LogP contribution in [-0.4, -0.2) is 58.4 Å². The third-order valence-electron chi connectivity index (χ3n) is 5.76. The van der Waals surface area contributed by atoms with Crippen molar-refractivity contribution in [1.82, 2.24) is 15.0 Å². The van der Waals surface area contributed by atoms with Crippen LogP contribution in [0.15, 0.2) is 36.5 Å². The minimum atomic E-state index is -0.667. The summed E-state index contributed by atoms with van der Waals surface area (Å²) in [6, 6.07) is 7.53. The van der Waals surface area contributed by atoms with E-state index in [1.54, 1.807) is 31.2 Å². The molecule has 2 N–H and O–H groups in total. The van der Waals surface area contributed by atoms with Gasteiger partial charge in [-0.15, -0.1) is 0 Å². The maximum atomic E-state index is 14.8. The number of rotatable bonds is 5. The van der Waals surface area contributed by atoms with Gasteiger partial charge in [-0.25, -0.2) is 9.37 Å². The van der Waals surface area contributed by atoms with Gasteiger partial charge in [0.2, 0.25) is 5.95 Å². The number of ether oxygens (including phenoxy) is 2. The molecular weight excluding hydrogens is 429 g/mol. The Morgan fingerprint density at radius 2 is 2.12 bits per heavy atom. The zero-order valence-electron chi connectivity index (χ0n) is 18.1. The van der Waals surface area contributed by atoms with E-state index in [0.29, 0.717) is 40.7 Å². The summed E-state index contributed by atoms with van der Waals surface area (Å²) in [6.07, 6.45) is 0.820. The van der Waals surface area contributed by atoms with Crippen LogP contribution in [-0.2, 0) is 11.3 Å². The van der Waals surface area contributed by atoms with Gasteiger partial charge in [-0.1, -0.05) is 6.07 Å². The Morgan fingerprint density at radius 3 is 2.88 bits per heavy atom. The zero-order valence-corrected chi connectivity index (χ0v) is 18.1. The van der Waals surface area contributed by atoms with Crippen LogP contribution in [0.3, 0.4) is 0 Å². The maximum Gasteiger partial charge on any atom is 0.260 e. The number of aromatic nitrogens is 3. The fourth-order valence-corrected chi connectivity index (χ4v) is 4.13. The maximum absolute atomic E-state index is 14.8. The van der Waals surface area contributed by atoms with E-state index in [0.717, 1.165) is 0 Å². The number of amides is 1. The lowest BCUT2D eigenvalue weighted by Crippen LogP contribution is -2.33. The standard InChI is InChI=1S/C23H22FN5O4/c1-12-8-19(28-23(26-12)27-16-10-33-11-17(16)30)29-9-14-13(22(29)31)6-7-25-21(14)20-15(24)4-3-5-18(20)32-2/h3-8,16-17,30H,9-11H2,1-2H3,(H,26,27,28)/t16-,17-/m1/s1. The smallest absolute Gasteiger partial charge is 0.260 e. The van der Waals surface area contributed by atoms with Crippen molar-refractivity contribution in [3.05, 3.63) is 59.2 Å². The molecule has 2 aliphatic heterocycles. The molecule has 2 atom stereocenters. The van der Waals surface area contributed by atoms with Crippen molar-refractivity contribution in [3.8, 4) is 17.0 Å². The third kappa shape index (κ3) is 3.77. The minimum Gasteiger partial charge on any atom is -0.496 e. The van der Waals surface area contributed by atoms with Gasteiger partial charge in [0.05, 0.1) is 50.3 Å². The highest BCUT2D eigenvalue weighted by atomic mass is 19.1. The molecule has 10 heteroatoms. The summed E-state index contributed by atoms with van der Waals surface area (Å²) in [4.78, 5) is 28.0. The Balaban J connectivity index is 1.51. The molecule has 1 amide bonds. The number of methoxy groups -OCH3 is 1. The summed E-state index contributed by atoms with van der Waals surface area (Å²) in [5.74, 6) is 0.270. The summed E-state index contributed by atoms with van der Waals surface area (Å²) >= 11 is 0. The van der Waals surface area contributed by atoms with Crippen LogP contribution >= 0.6 is 0 Å². The number of nitrogens with zero attached hydrogens (tertiary/aromatic N) is 4. The second-order valence-electron chi connectivity index (χ2n) is 7.94. The number of nitrogens with one attached hydrogen (secondary N) is 1. The highest BCUT2D eigenvalue weighted by Gasteiger charge is 2.34. The molecule has 0 radical (unpaired) electrons. The van der Waals surface area contributed by atoms with Crippen LogP contribution < -0.4 is 15.0 Å². The molecule has 4 heterocycles. The Morgan fingerprint density at radius 1 is 1.27 bits per heavy atom.